The van der Waals surface area contributed by atoms with E-state index in [2.05, 4.69) is 10.3 Å². The van der Waals surface area contributed by atoms with Gasteiger partial charge in [0.05, 0.1) is 38.3 Å². The minimum Gasteiger partial charge on any atom is -0.497 e. The molecular weight excluding hydrogens is 574 g/mol. The molecule has 4 aromatic carbocycles. The van der Waals surface area contributed by atoms with Crippen LogP contribution in [0.3, 0.4) is 0 Å². The number of nitrogens with zero attached hydrogens (tertiary/aromatic N) is 5. The quantitative estimate of drug-likeness (QED) is 0.0762. The number of oxime groups is 1. The number of pyridine rings is 1. The lowest BCUT2D eigenvalue weighted by Gasteiger charge is -2.15. The fourth-order valence-corrected chi connectivity index (χ4v) is 5.85. The Hall–Kier alpha value is -5.35. The van der Waals surface area contributed by atoms with Gasteiger partial charge in [-0.3, -0.25) is 4.57 Å². The van der Waals surface area contributed by atoms with E-state index in [1.54, 1.807) is 21.3 Å². The third-order valence-corrected chi connectivity index (χ3v) is 8.09. The van der Waals surface area contributed by atoms with Gasteiger partial charge in [-0.25, -0.2) is 4.98 Å². The van der Waals surface area contributed by atoms with Gasteiger partial charge < -0.3 is 19.4 Å². The molecule has 0 amide bonds. The van der Waals surface area contributed by atoms with Crippen LogP contribution in [0.1, 0.15) is 5.56 Å². The van der Waals surface area contributed by atoms with E-state index in [0.29, 0.717) is 39.7 Å². The molecule has 220 valence electrons. The van der Waals surface area contributed by atoms with Gasteiger partial charge in [-0.15, -0.1) is 10.2 Å². The highest BCUT2D eigenvalue weighted by molar-refractivity contribution is 7.99. The second-order valence-corrected chi connectivity index (χ2v) is 10.6. The van der Waals surface area contributed by atoms with Crippen LogP contribution in [-0.2, 0) is 0 Å². The predicted octanol–water partition coefficient (Wildman–Crippen LogP) is 7.15. The van der Waals surface area contributed by atoms with Crippen LogP contribution in [0.5, 0.6) is 17.2 Å². The van der Waals surface area contributed by atoms with E-state index in [4.69, 9.17) is 24.3 Å². The first kappa shape index (κ1) is 28.8. The maximum Gasteiger partial charge on any atom is 0.196 e. The normalized spacial score (nSPS) is 11.5. The van der Waals surface area contributed by atoms with Crippen molar-refractivity contribution < 1.29 is 19.4 Å². The highest BCUT2D eigenvalue weighted by Crippen LogP contribution is 2.38. The minimum atomic E-state index is 0.382. The second-order valence-electron chi connectivity index (χ2n) is 9.69. The van der Waals surface area contributed by atoms with Gasteiger partial charge in [0, 0.05) is 33.5 Å². The highest BCUT2D eigenvalue weighted by Gasteiger charge is 2.21. The first-order valence-electron chi connectivity index (χ1n) is 13.7. The lowest BCUT2D eigenvalue weighted by Crippen LogP contribution is -2.06. The van der Waals surface area contributed by atoms with Gasteiger partial charge in [0.25, 0.3) is 0 Å². The molecular formula is C34H29N5O4S. The zero-order chi connectivity index (χ0) is 30.5. The number of ether oxygens (including phenoxy) is 3. The third kappa shape index (κ3) is 5.67. The summed E-state index contributed by atoms with van der Waals surface area (Å²) in [4.78, 5) is 4.99. The van der Waals surface area contributed by atoms with Crippen molar-refractivity contribution in [1.82, 2.24) is 19.7 Å². The summed E-state index contributed by atoms with van der Waals surface area (Å²) in [7, 11) is 4.86. The third-order valence-electron chi connectivity index (χ3n) is 7.15. The number of para-hydroxylation sites is 1. The number of hydrogen-bond donors (Lipinski definition) is 1. The molecule has 0 aliphatic rings. The zero-order valence-electron chi connectivity index (χ0n) is 24.3. The van der Waals surface area contributed by atoms with Crippen molar-refractivity contribution in [3.05, 3.63) is 109 Å². The van der Waals surface area contributed by atoms with Crippen LogP contribution in [0, 0.1) is 0 Å². The molecule has 9 nitrogen and oxygen atoms in total. The molecule has 0 saturated carbocycles. The van der Waals surface area contributed by atoms with Crippen LogP contribution in [0.15, 0.2) is 113 Å². The highest BCUT2D eigenvalue weighted by atomic mass is 32.2. The topological polar surface area (TPSA) is 104 Å². The molecule has 0 aliphatic carbocycles. The second kappa shape index (κ2) is 12.9. The average molecular weight is 604 g/mol. The Morgan fingerprint density at radius 3 is 2.25 bits per heavy atom. The van der Waals surface area contributed by atoms with Gasteiger partial charge >= 0.3 is 0 Å². The van der Waals surface area contributed by atoms with E-state index in [9.17, 15) is 5.21 Å². The van der Waals surface area contributed by atoms with Crippen molar-refractivity contribution in [3.63, 3.8) is 0 Å². The van der Waals surface area contributed by atoms with Crippen LogP contribution in [-0.4, -0.2) is 57.7 Å². The van der Waals surface area contributed by atoms with Crippen LogP contribution < -0.4 is 14.2 Å². The summed E-state index contributed by atoms with van der Waals surface area (Å²) in [5, 5.41) is 24.2. The SMILES string of the molecule is COc1ccc2nc(-c3ccc(OC)c(OC)c3)cc(-c3nnc(SC/C(=N\O)c4ccccc4)n3-c3ccccc3)c2c1. The molecule has 0 saturated heterocycles. The Labute approximate surface area is 258 Å². The first-order valence-corrected chi connectivity index (χ1v) is 14.7. The Balaban J connectivity index is 1.52. The number of fused-ring (bicyclic) bond motifs is 1. The largest absolute Gasteiger partial charge is 0.497 e. The van der Waals surface area contributed by atoms with Crippen molar-refractivity contribution in [2.45, 2.75) is 5.16 Å². The Bertz CT molecular complexity index is 1950. The molecule has 0 atom stereocenters. The summed E-state index contributed by atoms with van der Waals surface area (Å²) >= 11 is 1.44. The molecule has 0 radical (unpaired) electrons. The summed E-state index contributed by atoms with van der Waals surface area (Å²) < 4.78 is 18.6. The molecule has 0 bridgehead atoms. The zero-order valence-corrected chi connectivity index (χ0v) is 25.2. The number of hydrogen-bond acceptors (Lipinski definition) is 9. The van der Waals surface area contributed by atoms with Crippen molar-refractivity contribution in [2.24, 2.45) is 5.16 Å². The molecule has 1 N–H and O–H groups in total. The van der Waals surface area contributed by atoms with Crippen molar-refractivity contribution >= 4 is 28.4 Å². The summed E-state index contributed by atoms with van der Waals surface area (Å²) in [5.41, 5.74) is 5.43. The number of methoxy groups -OCH3 is 3. The van der Waals surface area contributed by atoms with Gasteiger partial charge in [0.1, 0.15) is 5.75 Å². The van der Waals surface area contributed by atoms with Crippen LogP contribution in [0.25, 0.3) is 39.2 Å². The maximum atomic E-state index is 9.80. The summed E-state index contributed by atoms with van der Waals surface area (Å²) in [5.74, 6) is 2.95. The van der Waals surface area contributed by atoms with E-state index >= 15 is 0 Å². The van der Waals surface area contributed by atoms with Crippen LogP contribution >= 0.6 is 11.8 Å². The fourth-order valence-electron chi connectivity index (χ4n) is 4.94. The summed E-state index contributed by atoms with van der Waals surface area (Å²) in [6.07, 6.45) is 0. The van der Waals surface area contributed by atoms with Gasteiger partial charge in [0.2, 0.25) is 0 Å². The van der Waals surface area contributed by atoms with Gasteiger partial charge in [-0.05, 0) is 54.6 Å². The van der Waals surface area contributed by atoms with E-state index < -0.39 is 0 Å². The monoisotopic (exact) mass is 603 g/mol. The smallest absolute Gasteiger partial charge is 0.196 e. The van der Waals surface area contributed by atoms with Crippen LogP contribution in [0.4, 0.5) is 0 Å². The molecule has 6 aromatic rings. The number of aromatic nitrogens is 4. The van der Waals surface area contributed by atoms with Crippen molar-refractivity contribution in [1.29, 1.82) is 0 Å². The van der Waals surface area contributed by atoms with Gasteiger partial charge in [0.15, 0.2) is 22.5 Å². The molecule has 0 aliphatic heterocycles. The van der Waals surface area contributed by atoms with Crippen molar-refractivity contribution in [3.8, 4) is 45.6 Å². The maximum absolute atomic E-state index is 9.80. The van der Waals surface area contributed by atoms with Crippen LogP contribution in [0.2, 0.25) is 0 Å². The molecule has 2 aromatic heterocycles. The molecule has 0 unspecified atom stereocenters. The van der Waals surface area contributed by atoms with Crippen molar-refractivity contribution in [2.75, 3.05) is 27.1 Å². The number of benzene rings is 4. The van der Waals surface area contributed by atoms with E-state index in [1.807, 2.05) is 108 Å². The lowest BCUT2D eigenvalue weighted by atomic mass is 10.0. The molecule has 10 heteroatoms. The Morgan fingerprint density at radius 2 is 1.55 bits per heavy atom. The number of rotatable bonds is 10. The fraction of sp³-hybridized carbons (Fsp3) is 0.118. The van der Waals surface area contributed by atoms with Gasteiger partial charge in [-0.2, -0.15) is 0 Å². The molecule has 0 fully saturated rings. The summed E-state index contributed by atoms with van der Waals surface area (Å²) in [6, 6.07) is 33.0. The Kier molecular flexibility index (Phi) is 8.42. The summed E-state index contributed by atoms with van der Waals surface area (Å²) in [6.45, 7) is 0. The minimum absolute atomic E-state index is 0.382. The van der Waals surface area contributed by atoms with E-state index in [0.717, 1.165) is 39.0 Å². The molecule has 44 heavy (non-hydrogen) atoms. The predicted molar refractivity (Wildman–Crippen MR) is 173 cm³/mol. The molecule has 2 heterocycles. The van der Waals surface area contributed by atoms with E-state index in [-0.39, 0.29) is 0 Å². The number of thioether (sulfide) groups is 1. The Morgan fingerprint density at radius 1 is 0.795 bits per heavy atom. The lowest BCUT2D eigenvalue weighted by molar-refractivity contribution is 0.319. The molecule has 0 spiro atoms. The van der Waals surface area contributed by atoms with E-state index in [1.165, 1.54) is 11.8 Å². The van der Waals surface area contributed by atoms with Gasteiger partial charge in [-0.1, -0.05) is 65.4 Å². The standard InChI is InChI=1S/C34H29N5O4S/c1-41-25-15-16-28-26(19-25)27(20-29(35-28)23-14-17-31(42-2)32(18-23)43-3)33-36-37-34(39(33)24-12-8-5-9-13-24)44-21-30(38-40)22-10-6-4-7-11-22/h4-20,40H,21H2,1-3H3/b38-30+. The molecule has 6 rings (SSSR count). The average Bonchev–Trinajstić information content (AvgIpc) is 3.52. The first-order chi connectivity index (χ1) is 21.6.